The summed E-state index contributed by atoms with van der Waals surface area (Å²) in [5.74, 6) is -4.57. The molecule has 0 radical (unpaired) electrons. The van der Waals surface area contributed by atoms with Crippen LogP contribution >= 0.6 is 15.9 Å². The Morgan fingerprint density at radius 1 is 1.00 bits per heavy atom. The molecule has 0 saturated heterocycles. The van der Waals surface area contributed by atoms with Gasteiger partial charge in [-0.3, -0.25) is 4.79 Å². The van der Waals surface area contributed by atoms with Crippen molar-refractivity contribution >= 4 is 33.2 Å². The molecule has 21 heavy (non-hydrogen) atoms. The molecule has 110 valence electrons. The minimum atomic E-state index is -1.54. The van der Waals surface area contributed by atoms with E-state index in [4.69, 9.17) is 0 Å². The molecule has 0 fully saturated rings. The van der Waals surface area contributed by atoms with Crippen molar-refractivity contribution in [3.8, 4) is 0 Å². The lowest BCUT2D eigenvalue weighted by Crippen LogP contribution is -2.21. The average molecular weight is 359 g/mol. The van der Waals surface area contributed by atoms with Crippen LogP contribution in [-0.4, -0.2) is 12.5 Å². The predicted molar refractivity (Wildman–Crippen MR) is 77.6 cm³/mol. The second-order valence-corrected chi connectivity index (χ2v) is 5.08. The van der Waals surface area contributed by atoms with Crippen LogP contribution in [0, 0.1) is 17.5 Å². The highest BCUT2D eigenvalue weighted by atomic mass is 79.9. The summed E-state index contributed by atoms with van der Waals surface area (Å²) >= 11 is 3.27. The first-order valence-corrected chi connectivity index (χ1v) is 6.69. The van der Waals surface area contributed by atoms with Gasteiger partial charge in [-0.15, -0.1) is 0 Å². The quantitative estimate of drug-likeness (QED) is 0.813. The third-order valence-electron chi connectivity index (χ3n) is 2.56. The average Bonchev–Trinajstić information content (AvgIpc) is 2.45. The van der Waals surface area contributed by atoms with Gasteiger partial charge in [-0.2, -0.15) is 0 Å². The molecular weight excluding hydrogens is 349 g/mol. The van der Waals surface area contributed by atoms with E-state index in [9.17, 15) is 18.0 Å². The molecule has 0 bridgehead atoms. The van der Waals surface area contributed by atoms with E-state index >= 15 is 0 Å². The number of anilines is 2. The van der Waals surface area contributed by atoms with Crippen molar-refractivity contribution < 1.29 is 18.0 Å². The molecule has 1 amide bonds. The van der Waals surface area contributed by atoms with E-state index in [1.807, 2.05) is 0 Å². The van der Waals surface area contributed by atoms with Crippen molar-refractivity contribution in [3.63, 3.8) is 0 Å². The Morgan fingerprint density at radius 2 is 1.57 bits per heavy atom. The number of amides is 1. The lowest BCUT2D eigenvalue weighted by molar-refractivity contribution is -0.114. The van der Waals surface area contributed by atoms with E-state index in [0.29, 0.717) is 5.69 Å². The zero-order valence-electron chi connectivity index (χ0n) is 10.6. The Labute approximate surface area is 127 Å². The minimum absolute atomic E-state index is 0.0163. The number of benzene rings is 2. The summed E-state index contributed by atoms with van der Waals surface area (Å²) in [5, 5.41) is 5.11. The van der Waals surface area contributed by atoms with Gasteiger partial charge in [0.2, 0.25) is 5.91 Å². The van der Waals surface area contributed by atoms with E-state index in [1.54, 1.807) is 24.3 Å². The molecular formula is C14H10BrF3N2O. The van der Waals surface area contributed by atoms with Gasteiger partial charge in [0.1, 0.15) is 0 Å². The number of nitrogens with one attached hydrogen (secondary N) is 2. The molecule has 0 aliphatic heterocycles. The lowest BCUT2D eigenvalue weighted by Gasteiger charge is -2.08. The first kappa shape index (κ1) is 15.4. The fourth-order valence-electron chi connectivity index (χ4n) is 1.58. The van der Waals surface area contributed by atoms with Crippen LogP contribution in [0.25, 0.3) is 0 Å². The zero-order chi connectivity index (χ0) is 15.4. The highest BCUT2D eigenvalue weighted by Crippen LogP contribution is 2.17. The highest BCUT2D eigenvalue weighted by molar-refractivity contribution is 9.10. The van der Waals surface area contributed by atoms with E-state index in [-0.39, 0.29) is 12.2 Å². The molecule has 2 N–H and O–H groups in total. The molecule has 0 aliphatic rings. The second kappa shape index (κ2) is 6.62. The standard InChI is InChI=1S/C14H10BrF3N2O/c15-8-1-3-9(4-2-8)20-13(21)7-19-10-5-11(16)14(18)12(17)6-10/h1-6,19H,7H2,(H,20,21). The van der Waals surface area contributed by atoms with Crippen molar-refractivity contribution in [2.45, 2.75) is 0 Å². The summed E-state index contributed by atoms with van der Waals surface area (Å²) in [4.78, 5) is 11.7. The van der Waals surface area contributed by atoms with Crippen LogP contribution < -0.4 is 10.6 Å². The van der Waals surface area contributed by atoms with Gasteiger partial charge in [0.15, 0.2) is 17.5 Å². The normalized spacial score (nSPS) is 10.3. The highest BCUT2D eigenvalue weighted by Gasteiger charge is 2.11. The monoisotopic (exact) mass is 358 g/mol. The van der Waals surface area contributed by atoms with Gasteiger partial charge in [0, 0.05) is 28.0 Å². The lowest BCUT2D eigenvalue weighted by atomic mass is 10.3. The molecule has 2 aromatic rings. The Morgan fingerprint density at radius 3 is 2.14 bits per heavy atom. The van der Waals surface area contributed by atoms with Crippen LogP contribution in [0.5, 0.6) is 0 Å². The van der Waals surface area contributed by atoms with Crippen molar-refractivity contribution in [1.82, 2.24) is 0 Å². The first-order valence-electron chi connectivity index (χ1n) is 5.89. The number of carbonyl (C=O) groups excluding carboxylic acids is 1. The second-order valence-electron chi connectivity index (χ2n) is 4.16. The van der Waals surface area contributed by atoms with Gasteiger partial charge in [-0.05, 0) is 24.3 Å². The van der Waals surface area contributed by atoms with E-state index in [2.05, 4.69) is 26.6 Å². The summed E-state index contributed by atoms with van der Waals surface area (Å²) < 4.78 is 39.6. The maximum absolute atomic E-state index is 13.0. The molecule has 0 heterocycles. The first-order chi connectivity index (χ1) is 9.95. The number of carbonyl (C=O) groups is 1. The Bertz CT molecular complexity index is 639. The van der Waals surface area contributed by atoms with Gasteiger partial charge < -0.3 is 10.6 Å². The summed E-state index contributed by atoms with van der Waals surface area (Å²) in [6.45, 7) is -0.208. The van der Waals surface area contributed by atoms with Crippen LogP contribution in [0.3, 0.4) is 0 Å². The van der Waals surface area contributed by atoms with Crippen molar-refractivity contribution in [3.05, 3.63) is 58.3 Å². The predicted octanol–water partition coefficient (Wildman–Crippen LogP) is 3.92. The fraction of sp³-hybridized carbons (Fsp3) is 0.0714. The SMILES string of the molecule is O=C(CNc1cc(F)c(F)c(F)c1)Nc1ccc(Br)cc1. The summed E-state index contributed by atoms with van der Waals surface area (Å²) in [5.41, 5.74) is 0.568. The van der Waals surface area contributed by atoms with Gasteiger partial charge in [0.05, 0.1) is 6.54 Å². The third kappa shape index (κ3) is 4.22. The molecule has 0 saturated carbocycles. The van der Waals surface area contributed by atoms with Crippen molar-refractivity contribution in [2.24, 2.45) is 0 Å². The Balaban J connectivity index is 1.93. The van der Waals surface area contributed by atoms with Gasteiger partial charge in [-0.25, -0.2) is 13.2 Å². The maximum atomic E-state index is 13.0. The molecule has 0 atom stereocenters. The summed E-state index contributed by atoms with van der Waals surface area (Å²) in [6.07, 6.45) is 0. The van der Waals surface area contributed by atoms with Gasteiger partial charge >= 0.3 is 0 Å². The Hall–Kier alpha value is -2.02. The van der Waals surface area contributed by atoms with E-state index in [1.165, 1.54) is 0 Å². The number of halogens is 4. The maximum Gasteiger partial charge on any atom is 0.243 e. The summed E-state index contributed by atoms with van der Waals surface area (Å²) in [6, 6.07) is 8.47. The van der Waals surface area contributed by atoms with Crippen LogP contribution in [0.1, 0.15) is 0 Å². The molecule has 2 aromatic carbocycles. The van der Waals surface area contributed by atoms with Crippen molar-refractivity contribution in [2.75, 3.05) is 17.2 Å². The Kier molecular flexibility index (Phi) is 4.85. The molecule has 0 aliphatic carbocycles. The van der Waals surface area contributed by atoms with Crippen LogP contribution in [-0.2, 0) is 4.79 Å². The van der Waals surface area contributed by atoms with Crippen molar-refractivity contribution in [1.29, 1.82) is 0 Å². The fourth-order valence-corrected chi connectivity index (χ4v) is 1.84. The molecule has 0 unspecified atom stereocenters. The number of rotatable bonds is 4. The van der Waals surface area contributed by atoms with Crippen LogP contribution in [0.4, 0.5) is 24.5 Å². The minimum Gasteiger partial charge on any atom is -0.376 e. The van der Waals surface area contributed by atoms with Gasteiger partial charge in [0.25, 0.3) is 0 Å². The van der Waals surface area contributed by atoms with Gasteiger partial charge in [-0.1, -0.05) is 15.9 Å². The molecule has 0 aromatic heterocycles. The zero-order valence-corrected chi connectivity index (χ0v) is 12.2. The number of hydrogen-bond acceptors (Lipinski definition) is 2. The largest absolute Gasteiger partial charge is 0.376 e. The summed E-state index contributed by atoms with van der Waals surface area (Å²) in [7, 11) is 0. The molecule has 0 spiro atoms. The number of hydrogen-bond donors (Lipinski definition) is 2. The van der Waals surface area contributed by atoms with E-state index < -0.39 is 23.4 Å². The van der Waals surface area contributed by atoms with Crippen LogP contribution in [0.15, 0.2) is 40.9 Å². The van der Waals surface area contributed by atoms with Crippen LogP contribution in [0.2, 0.25) is 0 Å². The molecule has 7 heteroatoms. The topological polar surface area (TPSA) is 41.1 Å². The molecule has 2 rings (SSSR count). The smallest absolute Gasteiger partial charge is 0.243 e. The molecule has 3 nitrogen and oxygen atoms in total. The van der Waals surface area contributed by atoms with E-state index in [0.717, 1.165) is 16.6 Å². The third-order valence-corrected chi connectivity index (χ3v) is 3.09.